The van der Waals surface area contributed by atoms with E-state index in [0.29, 0.717) is 0 Å². The third-order valence-corrected chi connectivity index (χ3v) is 6.45. The summed E-state index contributed by atoms with van der Waals surface area (Å²) in [6, 6.07) is 13.9. The molecule has 0 saturated heterocycles. The van der Waals surface area contributed by atoms with Crippen LogP contribution in [0.2, 0.25) is 0 Å². The van der Waals surface area contributed by atoms with Gasteiger partial charge in [0, 0.05) is 5.56 Å². The SMILES string of the molecule is CCOP(=O)(OCC)C(Cc1ccccc1)C(=O)OCC(=O)c1ccc(F)cc1. The smallest absolute Gasteiger partial charge is 0.345 e. The molecule has 0 aliphatic carbocycles. The van der Waals surface area contributed by atoms with Crippen LogP contribution >= 0.6 is 7.60 Å². The lowest BCUT2D eigenvalue weighted by Gasteiger charge is -2.25. The van der Waals surface area contributed by atoms with Crippen LogP contribution in [0.4, 0.5) is 4.39 Å². The molecule has 156 valence electrons. The molecule has 1 atom stereocenters. The van der Waals surface area contributed by atoms with Crippen molar-refractivity contribution in [2.45, 2.75) is 25.9 Å². The summed E-state index contributed by atoms with van der Waals surface area (Å²) < 4.78 is 42.1. The molecule has 0 aromatic heterocycles. The van der Waals surface area contributed by atoms with Crippen molar-refractivity contribution in [3.05, 3.63) is 71.5 Å². The molecule has 2 rings (SSSR count). The number of Topliss-reactive ketones (excluding diaryl/α,β-unsaturated/α-hetero) is 1. The van der Waals surface area contributed by atoms with Gasteiger partial charge in [-0.1, -0.05) is 30.3 Å². The summed E-state index contributed by atoms with van der Waals surface area (Å²) in [5, 5.41) is 0. The number of benzene rings is 2. The number of ether oxygens (including phenoxy) is 1. The zero-order valence-corrected chi connectivity index (χ0v) is 17.3. The number of hydrogen-bond acceptors (Lipinski definition) is 6. The van der Waals surface area contributed by atoms with Crippen molar-refractivity contribution in [2.75, 3.05) is 19.8 Å². The first kappa shape index (κ1) is 22.9. The van der Waals surface area contributed by atoms with Crippen molar-refractivity contribution in [3.63, 3.8) is 0 Å². The van der Waals surface area contributed by atoms with Crippen LogP contribution in [0, 0.1) is 5.82 Å². The third-order valence-electron chi connectivity index (χ3n) is 4.06. The zero-order valence-electron chi connectivity index (χ0n) is 16.4. The summed E-state index contributed by atoms with van der Waals surface area (Å²) in [6.07, 6.45) is 0.0711. The largest absolute Gasteiger partial charge is 0.457 e. The van der Waals surface area contributed by atoms with Crippen LogP contribution in [0.25, 0.3) is 0 Å². The van der Waals surface area contributed by atoms with Gasteiger partial charge in [0.05, 0.1) is 13.2 Å². The second-order valence-corrected chi connectivity index (χ2v) is 8.34. The van der Waals surface area contributed by atoms with Gasteiger partial charge in [0.2, 0.25) is 0 Å². The number of rotatable bonds is 11. The van der Waals surface area contributed by atoms with Gasteiger partial charge in [-0.3, -0.25) is 14.2 Å². The maximum absolute atomic E-state index is 13.2. The first-order valence-electron chi connectivity index (χ1n) is 9.27. The Hall–Kier alpha value is -2.34. The summed E-state index contributed by atoms with van der Waals surface area (Å²) in [6.45, 7) is 2.91. The summed E-state index contributed by atoms with van der Waals surface area (Å²) >= 11 is 0. The number of halogens is 1. The summed E-state index contributed by atoms with van der Waals surface area (Å²) in [5.74, 6) is -1.83. The fraction of sp³-hybridized carbons (Fsp3) is 0.333. The molecule has 1 unspecified atom stereocenters. The van der Waals surface area contributed by atoms with Crippen LogP contribution in [-0.2, 0) is 29.6 Å². The van der Waals surface area contributed by atoms with Gasteiger partial charge in [0.15, 0.2) is 18.0 Å². The highest BCUT2D eigenvalue weighted by Crippen LogP contribution is 2.54. The Morgan fingerprint density at radius 2 is 1.55 bits per heavy atom. The van der Waals surface area contributed by atoms with E-state index in [0.717, 1.165) is 17.7 Å². The van der Waals surface area contributed by atoms with Crippen LogP contribution in [0.5, 0.6) is 0 Å². The number of ketones is 1. The minimum absolute atomic E-state index is 0.0711. The number of hydrogen-bond donors (Lipinski definition) is 0. The van der Waals surface area contributed by atoms with Crippen molar-refractivity contribution >= 4 is 19.3 Å². The molecule has 0 N–H and O–H groups in total. The number of carbonyl (C=O) groups is 2. The molecule has 0 heterocycles. The first-order chi connectivity index (χ1) is 13.9. The molecule has 29 heavy (non-hydrogen) atoms. The van der Waals surface area contributed by atoms with E-state index in [4.69, 9.17) is 13.8 Å². The van der Waals surface area contributed by atoms with Crippen molar-refractivity contribution in [1.82, 2.24) is 0 Å². The zero-order chi connectivity index (χ0) is 21.3. The van der Waals surface area contributed by atoms with Crippen molar-refractivity contribution in [1.29, 1.82) is 0 Å². The van der Waals surface area contributed by atoms with Crippen LogP contribution in [-0.4, -0.2) is 37.2 Å². The van der Waals surface area contributed by atoms with Gasteiger partial charge >= 0.3 is 13.6 Å². The Labute approximate surface area is 169 Å². The highest BCUT2D eigenvalue weighted by atomic mass is 31.2. The minimum Gasteiger partial charge on any atom is -0.457 e. The highest BCUT2D eigenvalue weighted by molar-refractivity contribution is 7.55. The van der Waals surface area contributed by atoms with Crippen molar-refractivity contribution in [3.8, 4) is 0 Å². The summed E-state index contributed by atoms with van der Waals surface area (Å²) in [7, 11) is -3.82. The van der Waals surface area contributed by atoms with E-state index in [1.54, 1.807) is 38.1 Å². The molecule has 0 aliphatic rings. The van der Waals surface area contributed by atoms with Crippen molar-refractivity contribution < 1.29 is 32.3 Å². The molecular formula is C21H24FO6P. The van der Waals surface area contributed by atoms with E-state index in [2.05, 4.69) is 0 Å². The fourth-order valence-corrected chi connectivity index (χ4v) is 4.61. The molecule has 2 aromatic rings. The average Bonchev–Trinajstić information content (AvgIpc) is 2.71. The van der Waals surface area contributed by atoms with Gasteiger partial charge in [-0.25, -0.2) is 4.39 Å². The summed E-state index contributed by atoms with van der Waals surface area (Å²) in [4.78, 5) is 25.0. The third kappa shape index (κ3) is 6.60. The van der Waals surface area contributed by atoms with Crippen molar-refractivity contribution in [2.24, 2.45) is 0 Å². The number of carbonyl (C=O) groups excluding carboxylic acids is 2. The van der Waals surface area contributed by atoms with Crippen LogP contribution in [0.3, 0.4) is 0 Å². The van der Waals surface area contributed by atoms with Crippen LogP contribution in [0.15, 0.2) is 54.6 Å². The Bertz CT molecular complexity index is 843. The van der Waals surface area contributed by atoms with Gasteiger partial charge in [-0.15, -0.1) is 0 Å². The normalized spacial score (nSPS) is 12.4. The van der Waals surface area contributed by atoms with Gasteiger partial charge in [0.25, 0.3) is 0 Å². The highest BCUT2D eigenvalue weighted by Gasteiger charge is 2.42. The molecule has 0 aliphatic heterocycles. The standard InChI is InChI=1S/C21H24FO6P/c1-3-27-29(25,28-4-2)20(14-16-8-6-5-7-9-16)21(24)26-15-19(23)17-10-12-18(22)13-11-17/h5-13,20H,3-4,14-15H2,1-2H3. The molecule has 2 aromatic carbocycles. The Balaban J connectivity index is 2.17. The van der Waals surface area contributed by atoms with Gasteiger partial charge in [-0.2, -0.15) is 0 Å². The quantitative estimate of drug-likeness (QED) is 0.303. The summed E-state index contributed by atoms with van der Waals surface area (Å²) in [5.41, 5.74) is -0.263. The lowest BCUT2D eigenvalue weighted by atomic mass is 10.1. The predicted octanol–water partition coefficient (Wildman–Crippen LogP) is 4.43. The predicted molar refractivity (Wildman–Crippen MR) is 106 cm³/mol. The molecular weight excluding hydrogens is 398 g/mol. The van der Waals surface area contributed by atoms with E-state index in [1.165, 1.54) is 12.1 Å². The Morgan fingerprint density at radius 1 is 0.966 bits per heavy atom. The van der Waals surface area contributed by atoms with Gasteiger partial charge in [-0.05, 0) is 50.1 Å². The molecule has 8 heteroatoms. The van der Waals surface area contributed by atoms with Gasteiger partial charge < -0.3 is 13.8 Å². The molecule has 0 fully saturated rings. The lowest BCUT2D eigenvalue weighted by molar-refractivity contribution is -0.142. The second-order valence-electron chi connectivity index (χ2n) is 6.12. The van der Waals surface area contributed by atoms with Crippen LogP contribution < -0.4 is 0 Å². The van der Waals surface area contributed by atoms with Gasteiger partial charge in [0.1, 0.15) is 5.82 Å². The van der Waals surface area contributed by atoms with E-state index >= 15 is 0 Å². The average molecular weight is 422 g/mol. The van der Waals surface area contributed by atoms with E-state index < -0.39 is 37.4 Å². The molecule has 0 radical (unpaired) electrons. The molecule has 0 amide bonds. The molecule has 6 nitrogen and oxygen atoms in total. The fourth-order valence-electron chi connectivity index (χ4n) is 2.69. The van der Waals surface area contributed by atoms with E-state index in [1.807, 2.05) is 6.07 Å². The number of esters is 1. The topological polar surface area (TPSA) is 78.9 Å². The molecule has 0 bridgehead atoms. The maximum Gasteiger partial charge on any atom is 0.345 e. The van der Waals surface area contributed by atoms with E-state index in [9.17, 15) is 18.5 Å². The second kappa shape index (κ2) is 11.0. The Morgan fingerprint density at radius 3 is 2.10 bits per heavy atom. The maximum atomic E-state index is 13.2. The minimum atomic E-state index is -3.82. The van der Waals surface area contributed by atoms with Crippen LogP contribution in [0.1, 0.15) is 29.8 Å². The van der Waals surface area contributed by atoms with E-state index in [-0.39, 0.29) is 25.2 Å². The molecule has 0 saturated carbocycles. The first-order valence-corrected chi connectivity index (χ1v) is 10.9. The monoisotopic (exact) mass is 422 g/mol. The Kier molecular flexibility index (Phi) is 8.70. The molecule has 0 spiro atoms. The lowest BCUT2D eigenvalue weighted by Crippen LogP contribution is -2.29.